The zero-order valence-corrected chi connectivity index (χ0v) is 13.3. The highest BCUT2D eigenvalue weighted by Crippen LogP contribution is 2.20. The highest BCUT2D eigenvalue weighted by Gasteiger charge is 2.21. The molecule has 0 aromatic heterocycles. The van der Waals surface area contributed by atoms with Gasteiger partial charge in [0.2, 0.25) is 0 Å². The quantitative estimate of drug-likeness (QED) is 0.921. The van der Waals surface area contributed by atoms with Crippen LogP contribution >= 0.6 is 15.9 Å². The van der Waals surface area contributed by atoms with E-state index in [0.717, 1.165) is 42.6 Å². The molecule has 1 saturated heterocycles. The Morgan fingerprint density at radius 3 is 2.63 bits per heavy atom. The van der Waals surface area contributed by atoms with E-state index >= 15 is 0 Å². The van der Waals surface area contributed by atoms with Crippen LogP contribution in [0.2, 0.25) is 0 Å². The molecule has 2 unspecified atom stereocenters. The Labute approximate surface area is 124 Å². The second-order valence-corrected chi connectivity index (χ2v) is 6.42. The fourth-order valence-corrected chi connectivity index (χ4v) is 2.91. The monoisotopic (exact) mass is 326 g/mol. The number of nitrogens with zero attached hydrogens (tertiary/aromatic N) is 2. The third kappa shape index (κ3) is 4.28. The molecule has 0 amide bonds. The smallest absolute Gasteiger partial charge is 0.0802 e. The number of aliphatic hydroxyl groups excluding tert-OH is 1. The van der Waals surface area contributed by atoms with E-state index < -0.39 is 0 Å². The number of aliphatic hydroxyl groups is 1. The molecule has 1 aromatic rings. The van der Waals surface area contributed by atoms with Gasteiger partial charge in [0.05, 0.1) is 6.10 Å². The zero-order chi connectivity index (χ0) is 13.8. The summed E-state index contributed by atoms with van der Waals surface area (Å²) in [7, 11) is 2.17. The number of piperazine rings is 1. The van der Waals surface area contributed by atoms with Crippen molar-refractivity contribution < 1.29 is 5.11 Å². The van der Waals surface area contributed by atoms with E-state index in [-0.39, 0.29) is 6.10 Å². The van der Waals surface area contributed by atoms with Gasteiger partial charge in [-0.3, -0.25) is 4.90 Å². The van der Waals surface area contributed by atoms with Crippen LogP contribution in [-0.4, -0.2) is 54.2 Å². The minimum absolute atomic E-state index is 0.361. The van der Waals surface area contributed by atoms with E-state index in [4.69, 9.17) is 0 Å². The molecule has 1 fully saturated rings. The summed E-state index contributed by atoms with van der Waals surface area (Å²) < 4.78 is 1.05. The normalized spacial score (nSPS) is 23.5. The number of halogens is 1. The van der Waals surface area contributed by atoms with Crippen molar-refractivity contribution in [1.82, 2.24) is 9.80 Å². The fraction of sp³-hybridized carbons (Fsp3) is 0.600. The van der Waals surface area contributed by atoms with Crippen LogP contribution in [0.4, 0.5) is 0 Å². The number of rotatable bonds is 4. The first-order valence-corrected chi connectivity index (χ1v) is 7.71. The van der Waals surface area contributed by atoms with Gasteiger partial charge in [-0.05, 0) is 38.1 Å². The minimum atomic E-state index is -0.361. The Hall–Kier alpha value is -0.420. The molecule has 0 saturated carbocycles. The largest absolute Gasteiger partial charge is 0.388 e. The van der Waals surface area contributed by atoms with Gasteiger partial charge >= 0.3 is 0 Å². The molecule has 19 heavy (non-hydrogen) atoms. The summed E-state index contributed by atoms with van der Waals surface area (Å²) in [4.78, 5) is 4.84. The van der Waals surface area contributed by atoms with Crippen molar-refractivity contribution in [3.8, 4) is 0 Å². The van der Waals surface area contributed by atoms with E-state index in [9.17, 15) is 5.11 Å². The van der Waals surface area contributed by atoms with Gasteiger partial charge in [-0.25, -0.2) is 0 Å². The van der Waals surface area contributed by atoms with Crippen LogP contribution in [0.3, 0.4) is 0 Å². The van der Waals surface area contributed by atoms with Crippen LogP contribution in [0.5, 0.6) is 0 Å². The van der Waals surface area contributed by atoms with Crippen molar-refractivity contribution in [3.63, 3.8) is 0 Å². The first-order chi connectivity index (χ1) is 9.06. The second-order valence-electron chi connectivity index (χ2n) is 5.50. The lowest BCUT2D eigenvalue weighted by atomic mass is 10.1. The maximum absolute atomic E-state index is 10.2. The Balaban J connectivity index is 1.83. The first-order valence-electron chi connectivity index (χ1n) is 6.92. The first kappa shape index (κ1) is 15.0. The van der Waals surface area contributed by atoms with E-state index in [1.165, 1.54) is 0 Å². The van der Waals surface area contributed by atoms with Gasteiger partial charge in [-0.15, -0.1) is 0 Å². The summed E-state index contributed by atoms with van der Waals surface area (Å²) in [6.07, 6.45) is 0.440. The molecule has 106 valence electrons. The Morgan fingerprint density at radius 2 is 2.00 bits per heavy atom. The molecule has 1 aromatic carbocycles. The maximum atomic E-state index is 10.2. The molecule has 1 heterocycles. The van der Waals surface area contributed by atoms with Gasteiger partial charge < -0.3 is 10.0 Å². The fourth-order valence-electron chi connectivity index (χ4n) is 2.65. The van der Waals surface area contributed by atoms with Crippen molar-refractivity contribution in [2.75, 3.05) is 33.2 Å². The third-order valence-corrected chi connectivity index (χ3v) is 4.44. The standard InChI is InChI=1S/C15H23BrN2O/c1-12-11-17(2)9-10-18(12)8-7-15(19)13-3-5-14(16)6-4-13/h3-6,12,15,19H,7-11H2,1-2H3. The zero-order valence-electron chi connectivity index (χ0n) is 11.7. The van der Waals surface area contributed by atoms with E-state index in [2.05, 4.69) is 39.7 Å². The molecule has 0 aliphatic carbocycles. The van der Waals surface area contributed by atoms with Gasteiger partial charge in [-0.1, -0.05) is 28.1 Å². The molecular weight excluding hydrogens is 304 g/mol. The minimum Gasteiger partial charge on any atom is -0.388 e. The highest BCUT2D eigenvalue weighted by atomic mass is 79.9. The lowest BCUT2D eigenvalue weighted by Gasteiger charge is -2.38. The molecule has 1 aliphatic heterocycles. The molecule has 1 aliphatic rings. The van der Waals surface area contributed by atoms with Crippen molar-refractivity contribution in [2.24, 2.45) is 0 Å². The molecule has 2 atom stereocenters. The number of benzene rings is 1. The average molecular weight is 327 g/mol. The SMILES string of the molecule is CC1CN(C)CCN1CCC(O)c1ccc(Br)cc1. The molecule has 1 N–H and O–H groups in total. The van der Waals surface area contributed by atoms with Crippen LogP contribution in [0.15, 0.2) is 28.7 Å². The van der Waals surface area contributed by atoms with E-state index in [1.54, 1.807) is 0 Å². The summed E-state index contributed by atoms with van der Waals surface area (Å²) >= 11 is 3.42. The van der Waals surface area contributed by atoms with E-state index in [0.29, 0.717) is 6.04 Å². The molecule has 0 bridgehead atoms. The number of likely N-dealkylation sites (N-methyl/N-ethyl adjacent to an activating group) is 1. The van der Waals surface area contributed by atoms with Gasteiger partial charge in [0.25, 0.3) is 0 Å². The topological polar surface area (TPSA) is 26.7 Å². The predicted molar refractivity (Wildman–Crippen MR) is 82.3 cm³/mol. The highest BCUT2D eigenvalue weighted by molar-refractivity contribution is 9.10. The molecule has 3 nitrogen and oxygen atoms in total. The van der Waals surface area contributed by atoms with Crippen molar-refractivity contribution in [2.45, 2.75) is 25.5 Å². The van der Waals surface area contributed by atoms with Crippen LogP contribution < -0.4 is 0 Å². The van der Waals surface area contributed by atoms with Gasteiger partial charge in [-0.2, -0.15) is 0 Å². The molecule has 4 heteroatoms. The molecule has 0 radical (unpaired) electrons. The van der Waals surface area contributed by atoms with Crippen molar-refractivity contribution >= 4 is 15.9 Å². The summed E-state index contributed by atoms with van der Waals surface area (Å²) in [5.41, 5.74) is 1.00. The van der Waals surface area contributed by atoms with Crippen LogP contribution in [-0.2, 0) is 0 Å². The van der Waals surface area contributed by atoms with Crippen molar-refractivity contribution in [1.29, 1.82) is 0 Å². The second kappa shape index (κ2) is 6.84. The number of hydrogen-bond acceptors (Lipinski definition) is 3. The number of hydrogen-bond donors (Lipinski definition) is 1. The van der Waals surface area contributed by atoms with Crippen LogP contribution in [0.1, 0.15) is 25.0 Å². The Bertz CT molecular complexity index is 396. The van der Waals surface area contributed by atoms with Gasteiger partial charge in [0.1, 0.15) is 0 Å². The van der Waals surface area contributed by atoms with Crippen LogP contribution in [0, 0.1) is 0 Å². The van der Waals surface area contributed by atoms with E-state index in [1.807, 2.05) is 24.3 Å². The van der Waals surface area contributed by atoms with Gasteiger partial charge in [0, 0.05) is 36.7 Å². The molecule has 0 spiro atoms. The predicted octanol–water partition coefficient (Wildman–Crippen LogP) is 2.51. The summed E-state index contributed by atoms with van der Waals surface area (Å²) in [5, 5.41) is 10.2. The van der Waals surface area contributed by atoms with Gasteiger partial charge in [0.15, 0.2) is 0 Å². The molecule has 2 rings (SSSR count). The van der Waals surface area contributed by atoms with Crippen molar-refractivity contribution in [3.05, 3.63) is 34.3 Å². The Kier molecular flexibility index (Phi) is 5.39. The van der Waals surface area contributed by atoms with Crippen LogP contribution in [0.25, 0.3) is 0 Å². The maximum Gasteiger partial charge on any atom is 0.0802 e. The summed E-state index contributed by atoms with van der Waals surface area (Å²) in [6.45, 7) is 6.58. The third-order valence-electron chi connectivity index (χ3n) is 3.91. The summed E-state index contributed by atoms with van der Waals surface area (Å²) in [6, 6.07) is 8.52. The average Bonchev–Trinajstić information content (AvgIpc) is 2.38. The summed E-state index contributed by atoms with van der Waals surface area (Å²) in [5.74, 6) is 0. The lowest BCUT2D eigenvalue weighted by Crippen LogP contribution is -2.50. The molecular formula is C15H23BrN2O. The Morgan fingerprint density at radius 1 is 1.32 bits per heavy atom. The lowest BCUT2D eigenvalue weighted by molar-refractivity contribution is 0.0770.